The van der Waals surface area contributed by atoms with E-state index in [9.17, 15) is 4.79 Å². The number of aromatic nitrogens is 1. The smallest absolute Gasteiger partial charge is 0.160 e. The lowest BCUT2D eigenvalue weighted by Crippen LogP contribution is -1.92. The van der Waals surface area contributed by atoms with Crippen LogP contribution >= 0.6 is 27.3 Å². The average Bonchev–Trinajstić information content (AvgIpc) is 2.45. The second kappa shape index (κ2) is 3.44. The Morgan fingerprint density at radius 1 is 1.50 bits per heavy atom. The molecule has 0 spiro atoms. The number of ketones is 1. The number of benzene rings is 1. The molecular formula is C10H8BrNOS. The number of Topliss-reactive ketones (excluding diaryl/α,β-unsaturated/α-hetero) is 1. The highest BCUT2D eigenvalue weighted by Gasteiger charge is 2.08. The Hall–Kier alpha value is -0.740. The van der Waals surface area contributed by atoms with Gasteiger partial charge in [0.25, 0.3) is 0 Å². The zero-order chi connectivity index (χ0) is 10.3. The summed E-state index contributed by atoms with van der Waals surface area (Å²) in [6.07, 6.45) is 0. The number of rotatable bonds is 1. The molecule has 0 N–H and O–H groups in total. The maximum absolute atomic E-state index is 11.2. The van der Waals surface area contributed by atoms with E-state index in [1.807, 2.05) is 19.1 Å². The molecule has 0 aliphatic carbocycles. The molecule has 1 aromatic carbocycles. The molecule has 1 heterocycles. The van der Waals surface area contributed by atoms with Crippen molar-refractivity contribution < 1.29 is 4.79 Å². The second-order valence-electron chi connectivity index (χ2n) is 3.16. The summed E-state index contributed by atoms with van der Waals surface area (Å²) >= 11 is 4.89. The first-order chi connectivity index (χ1) is 6.58. The number of fused-ring (bicyclic) bond motifs is 1. The topological polar surface area (TPSA) is 30.0 Å². The standard InChI is InChI=1S/C10H8BrNOS/c1-5-3-7(6(2)13)4-8-9(5)12-10(11)14-8/h3-4H,1-2H3. The van der Waals surface area contributed by atoms with Gasteiger partial charge in [0.2, 0.25) is 0 Å². The van der Waals surface area contributed by atoms with Gasteiger partial charge in [-0.05, 0) is 47.5 Å². The molecule has 14 heavy (non-hydrogen) atoms. The first-order valence-electron chi connectivity index (χ1n) is 4.15. The van der Waals surface area contributed by atoms with Crippen molar-refractivity contribution in [2.24, 2.45) is 0 Å². The second-order valence-corrected chi connectivity index (χ2v) is 5.47. The quantitative estimate of drug-likeness (QED) is 0.741. The number of hydrogen-bond donors (Lipinski definition) is 0. The van der Waals surface area contributed by atoms with Crippen molar-refractivity contribution in [3.05, 3.63) is 27.2 Å². The molecular weight excluding hydrogens is 262 g/mol. The van der Waals surface area contributed by atoms with Gasteiger partial charge in [-0.2, -0.15) is 0 Å². The normalized spacial score (nSPS) is 10.8. The summed E-state index contributed by atoms with van der Waals surface area (Å²) in [5.74, 6) is 0.0968. The Balaban J connectivity index is 2.77. The molecule has 0 aliphatic rings. The summed E-state index contributed by atoms with van der Waals surface area (Å²) in [4.78, 5) is 15.6. The van der Waals surface area contributed by atoms with Crippen LogP contribution < -0.4 is 0 Å². The fourth-order valence-corrected chi connectivity index (χ4v) is 2.88. The minimum absolute atomic E-state index is 0.0968. The number of thiazole rings is 1. The van der Waals surface area contributed by atoms with Gasteiger partial charge >= 0.3 is 0 Å². The number of halogens is 1. The predicted molar refractivity (Wildman–Crippen MR) is 62.1 cm³/mol. The monoisotopic (exact) mass is 269 g/mol. The molecule has 2 nitrogen and oxygen atoms in total. The molecule has 0 radical (unpaired) electrons. The predicted octanol–water partition coefficient (Wildman–Crippen LogP) is 3.57. The number of nitrogens with zero attached hydrogens (tertiary/aromatic N) is 1. The van der Waals surface area contributed by atoms with Crippen molar-refractivity contribution in [3.63, 3.8) is 0 Å². The number of carbonyl (C=O) groups is 1. The third kappa shape index (κ3) is 1.60. The van der Waals surface area contributed by atoms with Crippen LogP contribution in [0.5, 0.6) is 0 Å². The molecule has 0 saturated heterocycles. The summed E-state index contributed by atoms with van der Waals surface area (Å²) in [5.41, 5.74) is 2.78. The third-order valence-electron chi connectivity index (χ3n) is 2.07. The Bertz CT molecular complexity index is 518. The fourth-order valence-electron chi connectivity index (χ4n) is 1.37. The Labute approximate surface area is 94.1 Å². The lowest BCUT2D eigenvalue weighted by Gasteiger charge is -1.98. The molecule has 0 amide bonds. The van der Waals surface area contributed by atoms with Crippen LogP contribution in [0.15, 0.2) is 16.0 Å². The molecule has 0 aliphatic heterocycles. The van der Waals surface area contributed by atoms with Gasteiger partial charge in [0, 0.05) is 5.56 Å². The summed E-state index contributed by atoms with van der Waals surface area (Å²) in [6, 6.07) is 3.78. The van der Waals surface area contributed by atoms with Crippen LogP contribution in [0.25, 0.3) is 10.2 Å². The summed E-state index contributed by atoms with van der Waals surface area (Å²) in [7, 11) is 0. The SMILES string of the molecule is CC(=O)c1cc(C)c2nc(Br)sc2c1. The average molecular weight is 270 g/mol. The third-order valence-corrected chi connectivity index (χ3v) is 3.52. The lowest BCUT2D eigenvalue weighted by molar-refractivity contribution is 0.101. The van der Waals surface area contributed by atoms with Crippen LogP contribution in [0.3, 0.4) is 0 Å². The van der Waals surface area contributed by atoms with E-state index in [4.69, 9.17) is 0 Å². The number of hydrogen-bond acceptors (Lipinski definition) is 3. The van der Waals surface area contributed by atoms with Crippen molar-refractivity contribution in [1.82, 2.24) is 4.98 Å². The van der Waals surface area contributed by atoms with Crippen LogP contribution in [-0.4, -0.2) is 10.8 Å². The van der Waals surface area contributed by atoms with Crippen molar-refractivity contribution in [3.8, 4) is 0 Å². The molecule has 2 rings (SSSR count). The summed E-state index contributed by atoms with van der Waals surface area (Å²) < 4.78 is 1.92. The highest BCUT2D eigenvalue weighted by molar-refractivity contribution is 9.11. The van der Waals surface area contributed by atoms with Crippen LogP contribution in [0, 0.1) is 6.92 Å². The van der Waals surface area contributed by atoms with E-state index in [1.54, 1.807) is 18.3 Å². The number of carbonyl (C=O) groups excluding carboxylic acids is 1. The molecule has 1 aromatic heterocycles. The lowest BCUT2D eigenvalue weighted by atomic mass is 10.1. The van der Waals surface area contributed by atoms with E-state index in [1.165, 1.54) is 0 Å². The van der Waals surface area contributed by atoms with Gasteiger partial charge in [-0.1, -0.05) is 0 Å². The van der Waals surface area contributed by atoms with Gasteiger partial charge in [-0.25, -0.2) is 4.98 Å². The Kier molecular flexibility index (Phi) is 2.41. The number of aryl methyl sites for hydroxylation is 1. The minimum atomic E-state index is 0.0968. The van der Waals surface area contributed by atoms with Crippen molar-refractivity contribution in [2.45, 2.75) is 13.8 Å². The molecule has 0 fully saturated rings. The molecule has 0 bridgehead atoms. The van der Waals surface area contributed by atoms with E-state index < -0.39 is 0 Å². The van der Waals surface area contributed by atoms with E-state index in [0.717, 1.165) is 25.3 Å². The molecule has 4 heteroatoms. The maximum atomic E-state index is 11.2. The fraction of sp³-hybridized carbons (Fsp3) is 0.200. The molecule has 2 aromatic rings. The maximum Gasteiger partial charge on any atom is 0.160 e. The van der Waals surface area contributed by atoms with Crippen LogP contribution in [0.1, 0.15) is 22.8 Å². The van der Waals surface area contributed by atoms with Crippen LogP contribution in [0.2, 0.25) is 0 Å². The minimum Gasteiger partial charge on any atom is -0.295 e. The molecule has 72 valence electrons. The largest absolute Gasteiger partial charge is 0.295 e. The summed E-state index contributed by atoms with van der Waals surface area (Å²) in [6.45, 7) is 3.55. The van der Waals surface area contributed by atoms with Crippen molar-refractivity contribution in [1.29, 1.82) is 0 Å². The molecule has 0 saturated carbocycles. The van der Waals surface area contributed by atoms with Gasteiger partial charge in [0.05, 0.1) is 10.2 Å². The van der Waals surface area contributed by atoms with E-state index >= 15 is 0 Å². The molecule has 0 unspecified atom stereocenters. The zero-order valence-corrected chi connectivity index (χ0v) is 10.2. The van der Waals surface area contributed by atoms with E-state index in [-0.39, 0.29) is 5.78 Å². The van der Waals surface area contributed by atoms with Gasteiger partial charge in [0.1, 0.15) is 0 Å². The first kappa shape index (κ1) is 9.80. The summed E-state index contributed by atoms with van der Waals surface area (Å²) in [5, 5.41) is 0. The van der Waals surface area contributed by atoms with Gasteiger partial charge in [-0.3, -0.25) is 4.79 Å². The van der Waals surface area contributed by atoms with E-state index in [0.29, 0.717) is 0 Å². The van der Waals surface area contributed by atoms with Crippen LogP contribution in [-0.2, 0) is 0 Å². The first-order valence-corrected chi connectivity index (χ1v) is 5.76. The molecule has 0 atom stereocenters. The zero-order valence-electron chi connectivity index (χ0n) is 7.80. The van der Waals surface area contributed by atoms with Gasteiger partial charge in [-0.15, -0.1) is 11.3 Å². The Morgan fingerprint density at radius 3 is 2.86 bits per heavy atom. The van der Waals surface area contributed by atoms with Crippen molar-refractivity contribution in [2.75, 3.05) is 0 Å². The Morgan fingerprint density at radius 2 is 2.21 bits per heavy atom. The van der Waals surface area contributed by atoms with E-state index in [2.05, 4.69) is 20.9 Å². The highest BCUT2D eigenvalue weighted by atomic mass is 79.9. The van der Waals surface area contributed by atoms with Gasteiger partial charge in [0.15, 0.2) is 9.70 Å². The van der Waals surface area contributed by atoms with Gasteiger partial charge < -0.3 is 0 Å². The highest BCUT2D eigenvalue weighted by Crippen LogP contribution is 2.29. The van der Waals surface area contributed by atoms with Crippen molar-refractivity contribution >= 4 is 43.3 Å². The van der Waals surface area contributed by atoms with Crippen LogP contribution in [0.4, 0.5) is 0 Å².